The second-order valence-corrected chi connectivity index (χ2v) is 3.95. The van der Waals surface area contributed by atoms with E-state index in [0.29, 0.717) is 6.00 Å². The molecule has 0 radical (unpaired) electrons. The Balaban J connectivity index is 2.69. The lowest BCUT2D eigenvalue weighted by Crippen LogP contribution is -2.32. The van der Waals surface area contributed by atoms with Crippen LogP contribution in [0.2, 0.25) is 0 Å². The Labute approximate surface area is 84.3 Å². The Bertz CT molecular complexity index is 246. The number of hydrogen-bond donors (Lipinski definition) is 1. The van der Waals surface area contributed by atoms with Gasteiger partial charge in [-0.25, -0.2) is 0 Å². The van der Waals surface area contributed by atoms with Gasteiger partial charge in [-0.2, -0.15) is 0 Å². The van der Waals surface area contributed by atoms with E-state index in [1.165, 1.54) is 5.56 Å². The number of nitrogens with zero attached hydrogens (tertiary/aromatic N) is 1. The van der Waals surface area contributed by atoms with Crippen LogP contribution in [0, 0.1) is 0 Å². The zero-order valence-corrected chi connectivity index (χ0v) is 8.80. The lowest BCUT2D eigenvalue weighted by Gasteiger charge is -2.24. The summed E-state index contributed by atoms with van der Waals surface area (Å²) in [6, 6.07) is 4.53. The van der Waals surface area contributed by atoms with Gasteiger partial charge in [-0.1, -0.05) is 19.9 Å². The molecule has 1 heterocycles. The SMILES string of the molecule is CC(C)(CNCCl)c1cccnc1. The van der Waals surface area contributed by atoms with Crippen LogP contribution >= 0.6 is 11.6 Å². The van der Waals surface area contributed by atoms with Crippen molar-refractivity contribution in [3.8, 4) is 0 Å². The third-order valence-electron chi connectivity index (χ3n) is 2.10. The minimum Gasteiger partial charge on any atom is -0.303 e. The van der Waals surface area contributed by atoms with E-state index < -0.39 is 0 Å². The third-order valence-corrected chi connectivity index (χ3v) is 2.29. The molecule has 13 heavy (non-hydrogen) atoms. The van der Waals surface area contributed by atoms with Crippen molar-refractivity contribution in [1.82, 2.24) is 10.3 Å². The van der Waals surface area contributed by atoms with Crippen molar-refractivity contribution in [3.05, 3.63) is 30.1 Å². The van der Waals surface area contributed by atoms with Gasteiger partial charge in [-0.05, 0) is 11.6 Å². The van der Waals surface area contributed by atoms with Gasteiger partial charge in [-0.3, -0.25) is 4.98 Å². The lowest BCUT2D eigenvalue weighted by atomic mass is 9.86. The van der Waals surface area contributed by atoms with Crippen LogP contribution in [0.5, 0.6) is 0 Å². The van der Waals surface area contributed by atoms with Gasteiger partial charge in [0.05, 0.1) is 6.00 Å². The smallest absolute Gasteiger partial charge is 0.0713 e. The summed E-state index contributed by atoms with van der Waals surface area (Å²) in [5.41, 5.74) is 1.32. The second-order valence-electron chi connectivity index (χ2n) is 3.69. The maximum Gasteiger partial charge on any atom is 0.0713 e. The largest absolute Gasteiger partial charge is 0.303 e. The average molecular weight is 199 g/mol. The highest BCUT2D eigenvalue weighted by Crippen LogP contribution is 2.20. The van der Waals surface area contributed by atoms with Crippen molar-refractivity contribution in [2.45, 2.75) is 19.3 Å². The fourth-order valence-corrected chi connectivity index (χ4v) is 1.32. The normalized spacial score (nSPS) is 11.6. The Morgan fingerprint density at radius 1 is 1.54 bits per heavy atom. The van der Waals surface area contributed by atoms with E-state index >= 15 is 0 Å². The Hall–Kier alpha value is -0.600. The van der Waals surface area contributed by atoms with Crippen molar-refractivity contribution in [2.24, 2.45) is 0 Å². The van der Waals surface area contributed by atoms with Crippen LogP contribution in [-0.4, -0.2) is 17.5 Å². The summed E-state index contributed by atoms with van der Waals surface area (Å²) in [4.78, 5) is 4.10. The van der Waals surface area contributed by atoms with Gasteiger partial charge in [0.2, 0.25) is 0 Å². The third kappa shape index (κ3) is 2.98. The van der Waals surface area contributed by atoms with Crippen molar-refractivity contribution in [3.63, 3.8) is 0 Å². The van der Waals surface area contributed by atoms with E-state index in [9.17, 15) is 0 Å². The first kappa shape index (κ1) is 10.5. The van der Waals surface area contributed by atoms with Gasteiger partial charge < -0.3 is 5.32 Å². The Morgan fingerprint density at radius 2 is 2.31 bits per heavy atom. The van der Waals surface area contributed by atoms with Crippen molar-refractivity contribution >= 4 is 11.6 Å². The highest BCUT2D eigenvalue weighted by atomic mass is 35.5. The minimum atomic E-state index is 0.0865. The van der Waals surface area contributed by atoms with Crippen LogP contribution in [0.25, 0.3) is 0 Å². The van der Waals surface area contributed by atoms with Gasteiger partial charge >= 0.3 is 0 Å². The topological polar surface area (TPSA) is 24.9 Å². The molecule has 0 bridgehead atoms. The van der Waals surface area contributed by atoms with Gasteiger partial charge in [0.1, 0.15) is 0 Å². The fraction of sp³-hybridized carbons (Fsp3) is 0.500. The van der Waals surface area contributed by atoms with Crippen LogP contribution in [-0.2, 0) is 5.41 Å². The summed E-state index contributed by atoms with van der Waals surface area (Å²) in [7, 11) is 0. The molecule has 0 atom stereocenters. The number of aromatic nitrogens is 1. The molecule has 0 fully saturated rings. The molecule has 0 spiro atoms. The summed E-state index contributed by atoms with van der Waals surface area (Å²) in [6.07, 6.45) is 3.68. The van der Waals surface area contributed by atoms with E-state index in [1.54, 1.807) is 6.20 Å². The summed E-state index contributed by atoms with van der Waals surface area (Å²) < 4.78 is 0. The van der Waals surface area contributed by atoms with Gasteiger partial charge in [0, 0.05) is 24.4 Å². The summed E-state index contributed by atoms with van der Waals surface area (Å²) >= 11 is 5.57. The fourth-order valence-electron chi connectivity index (χ4n) is 1.22. The van der Waals surface area contributed by atoms with Crippen LogP contribution in [0.15, 0.2) is 24.5 Å². The molecule has 1 rings (SSSR count). The predicted octanol–water partition coefficient (Wildman–Crippen LogP) is 2.15. The number of hydrogen-bond acceptors (Lipinski definition) is 2. The Morgan fingerprint density at radius 3 is 2.85 bits per heavy atom. The molecular weight excluding hydrogens is 184 g/mol. The highest BCUT2D eigenvalue weighted by Gasteiger charge is 2.19. The van der Waals surface area contributed by atoms with Gasteiger partial charge in [0.15, 0.2) is 0 Å². The minimum absolute atomic E-state index is 0.0865. The second kappa shape index (κ2) is 4.58. The first-order valence-corrected chi connectivity index (χ1v) is 4.87. The van der Waals surface area contributed by atoms with Crippen LogP contribution in [0.4, 0.5) is 0 Å². The average Bonchev–Trinajstić information content (AvgIpc) is 2.16. The molecule has 0 aliphatic rings. The number of alkyl halides is 1. The number of halogens is 1. The maximum atomic E-state index is 5.57. The first-order chi connectivity index (χ1) is 6.17. The molecule has 3 heteroatoms. The highest BCUT2D eigenvalue weighted by molar-refractivity contribution is 6.17. The molecule has 2 nitrogen and oxygen atoms in total. The van der Waals surface area contributed by atoms with E-state index in [4.69, 9.17) is 11.6 Å². The molecule has 0 unspecified atom stereocenters. The van der Waals surface area contributed by atoms with E-state index in [2.05, 4.69) is 30.2 Å². The van der Waals surface area contributed by atoms with Crippen LogP contribution < -0.4 is 5.32 Å². The first-order valence-electron chi connectivity index (χ1n) is 4.34. The van der Waals surface area contributed by atoms with E-state index in [-0.39, 0.29) is 5.41 Å². The van der Waals surface area contributed by atoms with Gasteiger partial charge in [-0.15, -0.1) is 11.6 Å². The molecule has 72 valence electrons. The van der Waals surface area contributed by atoms with Crippen molar-refractivity contribution < 1.29 is 0 Å². The molecule has 0 saturated carbocycles. The van der Waals surface area contributed by atoms with E-state index in [1.807, 2.05) is 12.3 Å². The monoisotopic (exact) mass is 198 g/mol. The number of nitrogens with one attached hydrogen (secondary N) is 1. The summed E-state index contributed by atoms with van der Waals surface area (Å²) in [6.45, 7) is 5.20. The molecule has 0 aliphatic carbocycles. The standard InChI is InChI=1S/C10H15ClN2/c1-10(2,7-13-8-11)9-4-3-5-12-6-9/h3-6,13H,7-8H2,1-2H3. The molecule has 0 saturated heterocycles. The maximum absolute atomic E-state index is 5.57. The molecule has 0 amide bonds. The number of pyridine rings is 1. The van der Waals surface area contributed by atoms with Gasteiger partial charge in [0.25, 0.3) is 0 Å². The predicted molar refractivity (Wildman–Crippen MR) is 56.0 cm³/mol. The molecule has 1 aromatic rings. The van der Waals surface area contributed by atoms with E-state index in [0.717, 1.165) is 6.54 Å². The summed E-state index contributed by atoms with van der Waals surface area (Å²) in [5.74, 6) is 0. The molecular formula is C10H15ClN2. The quantitative estimate of drug-likeness (QED) is 0.593. The Kier molecular flexibility index (Phi) is 3.70. The molecule has 0 aliphatic heterocycles. The van der Waals surface area contributed by atoms with Crippen LogP contribution in [0.3, 0.4) is 0 Å². The zero-order chi connectivity index (χ0) is 9.73. The van der Waals surface area contributed by atoms with Crippen molar-refractivity contribution in [2.75, 3.05) is 12.5 Å². The number of rotatable bonds is 4. The van der Waals surface area contributed by atoms with Crippen LogP contribution in [0.1, 0.15) is 19.4 Å². The molecule has 1 N–H and O–H groups in total. The van der Waals surface area contributed by atoms with Crippen molar-refractivity contribution in [1.29, 1.82) is 0 Å². The summed E-state index contributed by atoms with van der Waals surface area (Å²) in [5, 5.41) is 3.12. The zero-order valence-electron chi connectivity index (χ0n) is 8.05. The lowest BCUT2D eigenvalue weighted by molar-refractivity contribution is 0.487. The molecule has 0 aromatic carbocycles. The molecule has 1 aromatic heterocycles.